The number of likely N-dealkylation sites (tertiary alicyclic amines) is 1. The molecule has 0 radical (unpaired) electrons. The number of ether oxygens (including phenoxy) is 1. The number of nitrogens with one attached hydrogen (secondary N) is 2. The number of hydrogen-bond donors (Lipinski definition) is 2. The van der Waals surface area contributed by atoms with Crippen molar-refractivity contribution >= 4 is 23.6 Å². The van der Waals surface area contributed by atoms with Crippen molar-refractivity contribution < 1.29 is 19.1 Å². The van der Waals surface area contributed by atoms with Crippen molar-refractivity contribution in [1.29, 1.82) is 0 Å². The molecule has 8 nitrogen and oxygen atoms in total. The first-order valence-corrected chi connectivity index (χ1v) is 14.5. The van der Waals surface area contributed by atoms with Crippen LogP contribution >= 0.6 is 0 Å². The van der Waals surface area contributed by atoms with E-state index >= 15 is 0 Å². The van der Waals surface area contributed by atoms with E-state index < -0.39 is 29.7 Å². The fourth-order valence-corrected chi connectivity index (χ4v) is 5.32. The summed E-state index contributed by atoms with van der Waals surface area (Å²) in [4.78, 5) is 44.6. The van der Waals surface area contributed by atoms with Crippen molar-refractivity contribution in [3.05, 3.63) is 102 Å². The van der Waals surface area contributed by atoms with Crippen LogP contribution in [0, 0.1) is 0 Å². The van der Waals surface area contributed by atoms with Crippen molar-refractivity contribution in [2.75, 3.05) is 25.5 Å². The largest absolute Gasteiger partial charge is 0.444 e. The minimum Gasteiger partial charge on any atom is -0.444 e. The van der Waals surface area contributed by atoms with Gasteiger partial charge in [0.1, 0.15) is 17.7 Å². The molecule has 42 heavy (non-hydrogen) atoms. The van der Waals surface area contributed by atoms with Crippen molar-refractivity contribution in [3.8, 4) is 0 Å². The smallest absolute Gasteiger partial charge is 0.408 e. The molecule has 222 valence electrons. The molecule has 3 amide bonds. The Morgan fingerprint density at radius 3 is 2.00 bits per heavy atom. The summed E-state index contributed by atoms with van der Waals surface area (Å²) in [5, 5.41) is 5.91. The molecule has 3 aromatic carbocycles. The van der Waals surface area contributed by atoms with E-state index in [9.17, 15) is 14.4 Å². The van der Waals surface area contributed by atoms with Gasteiger partial charge in [-0.25, -0.2) is 4.79 Å². The Balaban J connectivity index is 1.60. The van der Waals surface area contributed by atoms with Crippen LogP contribution in [0.2, 0.25) is 0 Å². The third kappa shape index (κ3) is 7.90. The molecule has 0 aromatic heterocycles. The van der Waals surface area contributed by atoms with Crippen LogP contribution in [0.1, 0.15) is 56.2 Å². The molecular formula is C34H42N4O4. The highest BCUT2D eigenvalue weighted by Crippen LogP contribution is 2.31. The second-order valence-corrected chi connectivity index (χ2v) is 11.9. The van der Waals surface area contributed by atoms with Crippen molar-refractivity contribution in [1.82, 2.24) is 15.5 Å². The maximum Gasteiger partial charge on any atom is 0.408 e. The topological polar surface area (TPSA) is 91.0 Å². The van der Waals surface area contributed by atoms with Gasteiger partial charge in [-0.05, 0) is 62.4 Å². The normalized spacial score (nSPS) is 15.7. The molecule has 0 aliphatic carbocycles. The summed E-state index contributed by atoms with van der Waals surface area (Å²) in [6.45, 7) is 6.14. The lowest BCUT2D eigenvalue weighted by Gasteiger charge is -2.34. The molecule has 1 heterocycles. The van der Waals surface area contributed by atoms with E-state index in [1.54, 1.807) is 25.7 Å². The van der Waals surface area contributed by atoms with E-state index in [4.69, 9.17) is 4.74 Å². The van der Waals surface area contributed by atoms with E-state index in [0.29, 0.717) is 25.9 Å². The van der Waals surface area contributed by atoms with Crippen LogP contribution in [-0.2, 0) is 20.9 Å². The van der Waals surface area contributed by atoms with Gasteiger partial charge in [0.25, 0.3) is 0 Å². The number of carbonyl (C=O) groups excluding carboxylic acids is 3. The number of alkyl carbamates (subject to hydrolysis) is 1. The molecule has 1 aliphatic heterocycles. The van der Waals surface area contributed by atoms with Crippen LogP contribution in [0.25, 0.3) is 0 Å². The van der Waals surface area contributed by atoms with Gasteiger partial charge >= 0.3 is 6.09 Å². The van der Waals surface area contributed by atoms with Crippen LogP contribution in [0.3, 0.4) is 0 Å². The van der Waals surface area contributed by atoms with Crippen LogP contribution < -0.4 is 15.5 Å². The highest BCUT2D eigenvalue weighted by atomic mass is 16.6. The lowest BCUT2D eigenvalue weighted by molar-refractivity contribution is -0.140. The summed E-state index contributed by atoms with van der Waals surface area (Å²) in [5.74, 6) is -1.01. The van der Waals surface area contributed by atoms with E-state index in [2.05, 4.69) is 10.6 Å². The average molecular weight is 571 g/mol. The molecule has 1 fully saturated rings. The summed E-state index contributed by atoms with van der Waals surface area (Å²) in [6.07, 6.45) is 0.568. The summed E-state index contributed by atoms with van der Waals surface area (Å²) >= 11 is 0. The van der Waals surface area contributed by atoms with Gasteiger partial charge in [-0.3, -0.25) is 9.59 Å². The van der Waals surface area contributed by atoms with Crippen LogP contribution in [0.4, 0.5) is 10.5 Å². The second-order valence-electron chi connectivity index (χ2n) is 11.9. The molecule has 0 bridgehead atoms. The Hall–Kier alpha value is -4.33. The highest BCUT2D eigenvalue weighted by molar-refractivity contribution is 5.93. The Kier molecular flexibility index (Phi) is 9.88. The van der Waals surface area contributed by atoms with Gasteiger partial charge in [0.15, 0.2) is 0 Å². The number of hydrogen-bond acceptors (Lipinski definition) is 5. The van der Waals surface area contributed by atoms with Gasteiger partial charge in [0, 0.05) is 38.8 Å². The fourth-order valence-electron chi connectivity index (χ4n) is 5.32. The SMILES string of the molecule is CN(C)c1ccc(CNC(=O)[C@@H]2CCCN2C(=O)[C@H](NC(=O)OC(C)(C)C)C(c2ccccc2)c2ccccc2)cc1. The molecule has 0 unspecified atom stereocenters. The number of carbonyl (C=O) groups is 3. The molecular weight excluding hydrogens is 528 g/mol. The van der Waals surface area contributed by atoms with Gasteiger partial charge in [-0.15, -0.1) is 0 Å². The first-order chi connectivity index (χ1) is 20.0. The van der Waals surface area contributed by atoms with Gasteiger partial charge in [0.05, 0.1) is 0 Å². The third-order valence-electron chi connectivity index (χ3n) is 7.35. The van der Waals surface area contributed by atoms with E-state index in [-0.39, 0.29) is 11.8 Å². The van der Waals surface area contributed by atoms with Gasteiger partial charge in [-0.2, -0.15) is 0 Å². The summed E-state index contributed by atoms with van der Waals surface area (Å²) in [5.41, 5.74) is 3.06. The number of amides is 3. The predicted octanol–water partition coefficient (Wildman–Crippen LogP) is 5.09. The van der Waals surface area contributed by atoms with Gasteiger partial charge in [0.2, 0.25) is 11.8 Å². The lowest BCUT2D eigenvalue weighted by atomic mass is 9.84. The number of rotatable bonds is 9. The predicted molar refractivity (Wildman–Crippen MR) is 165 cm³/mol. The van der Waals surface area contributed by atoms with Crippen LogP contribution in [-0.4, -0.2) is 61.1 Å². The van der Waals surface area contributed by atoms with Crippen LogP contribution in [0.5, 0.6) is 0 Å². The first kappa shape index (κ1) is 30.6. The van der Waals surface area contributed by atoms with Crippen molar-refractivity contribution in [2.45, 2.75) is 63.8 Å². The maximum absolute atomic E-state index is 14.4. The van der Waals surface area contributed by atoms with E-state index in [0.717, 1.165) is 22.4 Å². The number of nitrogens with zero attached hydrogens (tertiary/aromatic N) is 2. The zero-order valence-corrected chi connectivity index (χ0v) is 25.2. The molecule has 2 N–H and O–H groups in total. The Morgan fingerprint density at radius 1 is 0.905 bits per heavy atom. The quantitative estimate of drug-likeness (QED) is 0.374. The monoisotopic (exact) mass is 570 g/mol. The number of anilines is 1. The van der Waals surface area contributed by atoms with Crippen molar-refractivity contribution in [2.24, 2.45) is 0 Å². The standard InChI is InChI=1S/C34H42N4O4/c1-34(2,3)42-33(41)36-30(29(25-13-8-6-9-14-25)26-15-10-7-11-16-26)32(40)38-22-12-17-28(38)31(39)35-23-24-18-20-27(21-19-24)37(4)5/h6-11,13-16,18-21,28-30H,12,17,22-23H2,1-5H3,(H,35,39)(H,36,41)/t28-,30+/m0/s1. The Bertz CT molecular complexity index is 1300. The summed E-state index contributed by atoms with van der Waals surface area (Å²) < 4.78 is 5.58. The maximum atomic E-state index is 14.4. The second kappa shape index (κ2) is 13.6. The molecule has 1 saturated heterocycles. The Labute approximate surface area is 249 Å². The molecule has 1 aliphatic rings. The third-order valence-corrected chi connectivity index (χ3v) is 7.35. The molecule has 2 atom stereocenters. The van der Waals surface area contributed by atoms with E-state index in [1.165, 1.54) is 0 Å². The number of benzene rings is 3. The molecule has 0 spiro atoms. The summed E-state index contributed by atoms with van der Waals surface area (Å²) in [7, 11) is 3.96. The zero-order valence-electron chi connectivity index (χ0n) is 25.2. The first-order valence-electron chi connectivity index (χ1n) is 14.5. The molecule has 0 saturated carbocycles. The fraction of sp³-hybridized carbons (Fsp3) is 0.382. The lowest BCUT2D eigenvalue weighted by Crippen LogP contribution is -2.56. The minimum atomic E-state index is -0.989. The minimum absolute atomic E-state index is 0.204. The Morgan fingerprint density at radius 2 is 1.48 bits per heavy atom. The zero-order chi connectivity index (χ0) is 30.3. The highest BCUT2D eigenvalue weighted by Gasteiger charge is 2.42. The van der Waals surface area contributed by atoms with Crippen LogP contribution in [0.15, 0.2) is 84.9 Å². The van der Waals surface area contributed by atoms with Gasteiger partial charge in [-0.1, -0.05) is 72.8 Å². The van der Waals surface area contributed by atoms with Gasteiger partial charge < -0.3 is 25.2 Å². The average Bonchev–Trinajstić information content (AvgIpc) is 3.46. The molecule has 4 rings (SSSR count). The molecule has 8 heteroatoms. The van der Waals surface area contributed by atoms with E-state index in [1.807, 2.05) is 104 Å². The molecule has 3 aromatic rings. The summed E-state index contributed by atoms with van der Waals surface area (Å²) in [6, 6.07) is 25.6. The van der Waals surface area contributed by atoms with Crippen molar-refractivity contribution in [3.63, 3.8) is 0 Å².